The number of aromatic nitrogens is 3. The second-order valence-corrected chi connectivity index (χ2v) is 4.35. The molecule has 5 heteroatoms. The zero-order chi connectivity index (χ0) is 14.1. The number of hydrogen-bond donors (Lipinski definition) is 0. The molecule has 2 heterocycles. The standard InChI is InChI=1S/C15H9N5/c1-20-14-6-10(7-16)2-4-12(14)19-15(20)13-5-3-11(8-17)9-18-13/h2-6,9H,1H3. The Balaban J connectivity index is 2.19. The van der Waals surface area contributed by atoms with Crippen molar-refractivity contribution in [2.75, 3.05) is 0 Å². The summed E-state index contributed by atoms with van der Waals surface area (Å²) in [5.41, 5.74) is 3.50. The Morgan fingerprint density at radius 3 is 2.45 bits per heavy atom. The largest absolute Gasteiger partial charge is 0.326 e. The molecule has 0 radical (unpaired) electrons. The van der Waals surface area contributed by atoms with E-state index in [-0.39, 0.29) is 0 Å². The van der Waals surface area contributed by atoms with Gasteiger partial charge >= 0.3 is 0 Å². The predicted molar refractivity (Wildman–Crippen MR) is 73.4 cm³/mol. The van der Waals surface area contributed by atoms with E-state index in [2.05, 4.69) is 16.0 Å². The maximum atomic E-state index is 8.95. The number of benzene rings is 1. The van der Waals surface area contributed by atoms with Gasteiger partial charge in [-0.25, -0.2) is 4.98 Å². The number of aryl methyl sites for hydroxylation is 1. The number of nitriles is 2. The van der Waals surface area contributed by atoms with Gasteiger partial charge in [-0.15, -0.1) is 0 Å². The SMILES string of the molecule is Cn1c(-c2ccc(C#N)cn2)nc2ccc(C#N)cc21. The molecule has 94 valence electrons. The summed E-state index contributed by atoms with van der Waals surface area (Å²) in [6.45, 7) is 0. The molecule has 3 rings (SSSR count). The first kappa shape index (κ1) is 11.9. The van der Waals surface area contributed by atoms with Crippen molar-refractivity contribution in [3.05, 3.63) is 47.7 Å². The topological polar surface area (TPSA) is 78.3 Å². The maximum absolute atomic E-state index is 8.95. The van der Waals surface area contributed by atoms with Gasteiger partial charge in [0.15, 0.2) is 5.82 Å². The van der Waals surface area contributed by atoms with Crippen molar-refractivity contribution in [3.8, 4) is 23.7 Å². The van der Waals surface area contributed by atoms with Crippen LogP contribution in [-0.2, 0) is 7.05 Å². The van der Waals surface area contributed by atoms with Crippen LogP contribution in [0.3, 0.4) is 0 Å². The molecule has 0 saturated heterocycles. The van der Waals surface area contributed by atoms with Gasteiger partial charge in [0.1, 0.15) is 11.8 Å². The van der Waals surface area contributed by atoms with E-state index >= 15 is 0 Å². The molecule has 0 spiro atoms. The first-order valence-corrected chi connectivity index (χ1v) is 5.96. The average Bonchev–Trinajstić information content (AvgIpc) is 2.84. The van der Waals surface area contributed by atoms with Crippen LogP contribution in [0.25, 0.3) is 22.6 Å². The molecular weight excluding hydrogens is 250 g/mol. The summed E-state index contributed by atoms with van der Waals surface area (Å²) in [5, 5.41) is 17.7. The third-order valence-electron chi connectivity index (χ3n) is 3.13. The zero-order valence-corrected chi connectivity index (χ0v) is 10.7. The van der Waals surface area contributed by atoms with Crippen LogP contribution in [-0.4, -0.2) is 14.5 Å². The minimum atomic E-state index is 0.513. The Morgan fingerprint density at radius 2 is 1.80 bits per heavy atom. The Morgan fingerprint density at radius 1 is 1.05 bits per heavy atom. The lowest BCUT2D eigenvalue weighted by Gasteiger charge is -2.01. The summed E-state index contributed by atoms with van der Waals surface area (Å²) in [4.78, 5) is 8.77. The van der Waals surface area contributed by atoms with Crippen LogP contribution < -0.4 is 0 Å². The third-order valence-corrected chi connectivity index (χ3v) is 3.13. The molecule has 0 amide bonds. The minimum absolute atomic E-state index is 0.513. The predicted octanol–water partition coefficient (Wildman–Crippen LogP) is 2.38. The Hall–Kier alpha value is -3.18. The molecule has 0 fully saturated rings. The van der Waals surface area contributed by atoms with Crippen LogP contribution in [0.4, 0.5) is 0 Å². The van der Waals surface area contributed by atoms with E-state index < -0.39 is 0 Å². The fourth-order valence-corrected chi connectivity index (χ4v) is 2.08. The van der Waals surface area contributed by atoms with E-state index in [0.717, 1.165) is 11.0 Å². The molecule has 1 aromatic carbocycles. The van der Waals surface area contributed by atoms with Crippen molar-refractivity contribution in [2.45, 2.75) is 0 Å². The van der Waals surface area contributed by atoms with Crippen molar-refractivity contribution in [1.82, 2.24) is 14.5 Å². The first-order chi connectivity index (χ1) is 9.72. The van der Waals surface area contributed by atoms with Crippen LogP contribution in [0.1, 0.15) is 11.1 Å². The fraction of sp³-hybridized carbons (Fsp3) is 0.0667. The minimum Gasteiger partial charge on any atom is -0.326 e. The number of fused-ring (bicyclic) bond motifs is 1. The average molecular weight is 259 g/mol. The lowest BCUT2D eigenvalue weighted by molar-refractivity contribution is 0.950. The second-order valence-electron chi connectivity index (χ2n) is 4.35. The summed E-state index contributed by atoms with van der Waals surface area (Å²) < 4.78 is 1.89. The van der Waals surface area contributed by atoms with Crippen molar-refractivity contribution >= 4 is 11.0 Å². The van der Waals surface area contributed by atoms with Crippen molar-refractivity contribution < 1.29 is 0 Å². The van der Waals surface area contributed by atoms with Crippen LogP contribution >= 0.6 is 0 Å². The molecule has 2 aromatic heterocycles. The Labute approximate surface area is 115 Å². The second kappa shape index (κ2) is 4.49. The lowest BCUT2D eigenvalue weighted by Crippen LogP contribution is -1.95. The van der Waals surface area contributed by atoms with Crippen molar-refractivity contribution in [3.63, 3.8) is 0 Å². The Bertz CT molecular complexity index is 875. The van der Waals surface area contributed by atoms with Gasteiger partial charge in [-0.1, -0.05) is 0 Å². The monoisotopic (exact) mass is 259 g/mol. The summed E-state index contributed by atoms with van der Waals surface area (Å²) in [7, 11) is 1.88. The number of rotatable bonds is 1. The quantitative estimate of drug-likeness (QED) is 0.672. The molecule has 5 nitrogen and oxygen atoms in total. The number of imidazole rings is 1. The summed E-state index contributed by atoms with van der Waals surface area (Å²) in [5.74, 6) is 0.708. The molecule has 3 aromatic rings. The number of hydrogen-bond acceptors (Lipinski definition) is 4. The van der Waals surface area contributed by atoms with E-state index in [1.807, 2.05) is 23.8 Å². The summed E-state index contributed by atoms with van der Waals surface area (Å²) in [6, 6.07) is 13.0. The van der Waals surface area contributed by atoms with Gasteiger partial charge in [0.25, 0.3) is 0 Å². The van der Waals surface area contributed by atoms with Gasteiger partial charge < -0.3 is 4.57 Å². The van der Waals surface area contributed by atoms with Gasteiger partial charge in [0.2, 0.25) is 0 Å². The van der Waals surface area contributed by atoms with E-state index in [9.17, 15) is 0 Å². The summed E-state index contributed by atoms with van der Waals surface area (Å²) in [6.07, 6.45) is 1.52. The highest BCUT2D eigenvalue weighted by Crippen LogP contribution is 2.23. The fourth-order valence-electron chi connectivity index (χ4n) is 2.08. The molecule has 0 atom stereocenters. The van der Waals surface area contributed by atoms with Crippen molar-refractivity contribution in [2.24, 2.45) is 7.05 Å². The van der Waals surface area contributed by atoms with Gasteiger partial charge in [-0.05, 0) is 30.3 Å². The van der Waals surface area contributed by atoms with Gasteiger partial charge in [-0.2, -0.15) is 10.5 Å². The van der Waals surface area contributed by atoms with Crippen LogP contribution in [0, 0.1) is 22.7 Å². The Kier molecular flexibility index (Phi) is 2.67. The molecule has 20 heavy (non-hydrogen) atoms. The normalized spacial score (nSPS) is 10.2. The van der Waals surface area contributed by atoms with Gasteiger partial charge in [0, 0.05) is 13.2 Å². The number of pyridine rings is 1. The highest BCUT2D eigenvalue weighted by molar-refractivity contribution is 5.81. The van der Waals surface area contributed by atoms with Gasteiger partial charge in [-0.3, -0.25) is 4.98 Å². The highest BCUT2D eigenvalue weighted by atomic mass is 15.1. The smallest absolute Gasteiger partial charge is 0.159 e. The summed E-state index contributed by atoms with van der Waals surface area (Å²) >= 11 is 0. The zero-order valence-electron chi connectivity index (χ0n) is 10.7. The molecule has 0 bridgehead atoms. The van der Waals surface area contributed by atoms with Crippen LogP contribution in [0.2, 0.25) is 0 Å². The first-order valence-electron chi connectivity index (χ1n) is 5.96. The molecule has 0 aliphatic carbocycles. The molecule has 0 aliphatic heterocycles. The molecular formula is C15H9N5. The maximum Gasteiger partial charge on any atom is 0.159 e. The van der Waals surface area contributed by atoms with E-state index in [4.69, 9.17) is 10.5 Å². The number of nitrogens with zero attached hydrogens (tertiary/aromatic N) is 5. The van der Waals surface area contributed by atoms with E-state index in [0.29, 0.717) is 22.6 Å². The van der Waals surface area contributed by atoms with E-state index in [1.165, 1.54) is 6.20 Å². The van der Waals surface area contributed by atoms with Crippen molar-refractivity contribution in [1.29, 1.82) is 10.5 Å². The molecule has 0 unspecified atom stereocenters. The third kappa shape index (κ3) is 1.79. The van der Waals surface area contributed by atoms with E-state index in [1.54, 1.807) is 24.3 Å². The lowest BCUT2D eigenvalue weighted by atomic mass is 10.2. The highest BCUT2D eigenvalue weighted by Gasteiger charge is 2.11. The van der Waals surface area contributed by atoms with Crippen LogP contribution in [0.15, 0.2) is 36.5 Å². The molecule has 0 saturated carbocycles. The molecule has 0 aliphatic rings. The van der Waals surface area contributed by atoms with Gasteiger partial charge in [0.05, 0.1) is 28.2 Å². The molecule has 0 N–H and O–H groups in total. The van der Waals surface area contributed by atoms with Crippen LogP contribution in [0.5, 0.6) is 0 Å².